The molecule has 0 bridgehead atoms. The molecule has 1 aliphatic heterocycles. The van der Waals surface area contributed by atoms with Crippen molar-refractivity contribution in [2.75, 3.05) is 17.3 Å². The Morgan fingerprint density at radius 2 is 2.05 bits per heavy atom. The molecule has 1 saturated heterocycles. The Morgan fingerprint density at radius 1 is 1.36 bits per heavy atom. The molecule has 4 nitrogen and oxygen atoms in total. The van der Waals surface area contributed by atoms with E-state index in [0.717, 1.165) is 17.1 Å². The number of hydrogen-bond acceptors (Lipinski definition) is 4. The summed E-state index contributed by atoms with van der Waals surface area (Å²) in [4.78, 5) is 13.1. The molecular weight excluding hydrogens is 342 g/mol. The van der Waals surface area contributed by atoms with Crippen molar-refractivity contribution in [2.24, 2.45) is 0 Å². The van der Waals surface area contributed by atoms with Crippen molar-refractivity contribution in [3.8, 4) is 0 Å². The first-order valence-electron chi connectivity index (χ1n) is 7.18. The summed E-state index contributed by atoms with van der Waals surface area (Å²) in [6, 6.07) is 7.60. The summed E-state index contributed by atoms with van der Waals surface area (Å²) >= 11 is 7.50. The van der Waals surface area contributed by atoms with Gasteiger partial charge in [0, 0.05) is 16.3 Å². The maximum Gasteiger partial charge on any atom is 0.220 e. The van der Waals surface area contributed by atoms with Crippen LogP contribution in [0.15, 0.2) is 29.2 Å². The predicted molar refractivity (Wildman–Crippen MR) is 91.2 cm³/mol. The molecule has 1 aromatic carbocycles. The predicted octanol–water partition coefficient (Wildman–Crippen LogP) is 2.91. The van der Waals surface area contributed by atoms with Crippen LogP contribution in [0.5, 0.6) is 0 Å². The number of thioether (sulfide) groups is 1. The Bertz CT molecular complexity index is 631. The van der Waals surface area contributed by atoms with E-state index in [1.807, 2.05) is 24.3 Å². The topological polar surface area (TPSA) is 63.2 Å². The number of rotatable bonds is 6. The Kier molecular flexibility index (Phi) is 5.80. The third-order valence-corrected chi connectivity index (χ3v) is 6.83. The standard InChI is InChI=1S/C15H20ClNO3S2/c1-15(8-10-22(19,20)11-15)17-14(18)3-2-9-21-13-6-4-12(16)5-7-13/h4-7H,2-3,8-11H2,1H3,(H,17,18). The van der Waals surface area contributed by atoms with E-state index < -0.39 is 15.4 Å². The van der Waals surface area contributed by atoms with Gasteiger partial charge in [0.2, 0.25) is 5.91 Å². The third kappa shape index (κ3) is 5.48. The summed E-state index contributed by atoms with van der Waals surface area (Å²) < 4.78 is 23.0. The molecule has 1 aromatic rings. The van der Waals surface area contributed by atoms with Gasteiger partial charge in [-0.1, -0.05) is 11.6 Å². The molecule has 1 atom stereocenters. The molecule has 1 fully saturated rings. The molecule has 122 valence electrons. The zero-order chi connectivity index (χ0) is 16.2. The fourth-order valence-electron chi connectivity index (χ4n) is 2.46. The van der Waals surface area contributed by atoms with Crippen molar-refractivity contribution in [3.63, 3.8) is 0 Å². The maximum atomic E-state index is 11.9. The van der Waals surface area contributed by atoms with E-state index >= 15 is 0 Å². The van der Waals surface area contributed by atoms with Gasteiger partial charge >= 0.3 is 0 Å². The average Bonchev–Trinajstić information content (AvgIpc) is 2.70. The van der Waals surface area contributed by atoms with Crippen LogP contribution in [0.25, 0.3) is 0 Å². The van der Waals surface area contributed by atoms with Crippen LogP contribution in [0.2, 0.25) is 5.02 Å². The normalized spacial score (nSPS) is 23.4. The van der Waals surface area contributed by atoms with Crippen molar-refractivity contribution in [3.05, 3.63) is 29.3 Å². The van der Waals surface area contributed by atoms with Gasteiger partial charge in [-0.25, -0.2) is 8.42 Å². The van der Waals surface area contributed by atoms with Gasteiger partial charge in [-0.2, -0.15) is 0 Å². The minimum atomic E-state index is -2.99. The number of nitrogens with one attached hydrogen (secondary N) is 1. The van der Waals surface area contributed by atoms with Crippen LogP contribution in [0.3, 0.4) is 0 Å². The summed E-state index contributed by atoms with van der Waals surface area (Å²) in [5.74, 6) is 0.974. The molecular formula is C15H20ClNO3S2. The van der Waals surface area contributed by atoms with Gasteiger partial charge in [-0.3, -0.25) is 4.79 Å². The molecule has 1 amide bonds. The van der Waals surface area contributed by atoms with E-state index in [1.54, 1.807) is 18.7 Å². The summed E-state index contributed by atoms with van der Waals surface area (Å²) in [7, 11) is -2.99. The lowest BCUT2D eigenvalue weighted by atomic mass is 10.0. The Morgan fingerprint density at radius 3 is 2.64 bits per heavy atom. The Balaban J connectivity index is 1.69. The number of carbonyl (C=O) groups excluding carboxylic acids is 1. The van der Waals surface area contributed by atoms with Crippen molar-refractivity contribution >= 4 is 39.1 Å². The highest BCUT2D eigenvalue weighted by Crippen LogP contribution is 2.24. The minimum Gasteiger partial charge on any atom is -0.350 e. The Labute approximate surface area is 140 Å². The molecule has 1 aliphatic rings. The van der Waals surface area contributed by atoms with Crippen LogP contribution in [-0.4, -0.2) is 37.1 Å². The molecule has 0 aromatic heterocycles. The maximum absolute atomic E-state index is 11.9. The largest absolute Gasteiger partial charge is 0.350 e. The SMILES string of the molecule is CC1(NC(=O)CCCSc2ccc(Cl)cc2)CCS(=O)(=O)C1. The molecule has 0 aliphatic carbocycles. The van der Waals surface area contributed by atoms with Gasteiger partial charge in [0.15, 0.2) is 9.84 Å². The molecule has 1 N–H and O–H groups in total. The molecule has 7 heteroatoms. The van der Waals surface area contributed by atoms with Crippen LogP contribution in [-0.2, 0) is 14.6 Å². The van der Waals surface area contributed by atoms with E-state index in [9.17, 15) is 13.2 Å². The lowest BCUT2D eigenvalue weighted by Crippen LogP contribution is -2.46. The first-order valence-corrected chi connectivity index (χ1v) is 10.4. The highest BCUT2D eigenvalue weighted by atomic mass is 35.5. The molecule has 22 heavy (non-hydrogen) atoms. The second-order valence-corrected chi connectivity index (χ2v) is 9.65. The minimum absolute atomic E-state index is 0.0469. The fourth-order valence-corrected chi connectivity index (χ4v) is 5.53. The van der Waals surface area contributed by atoms with Crippen LogP contribution in [0, 0.1) is 0 Å². The number of amides is 1. The van der Waals surface area contributed by atoms with Crippen LogP contribution < -0.4 is 5.32 Å². The second-order valence-electron chi connectivity index (χ2n) is 5.86. The van der Waals surface area contributed by atoms with Gasteiger partial charge in [-0.15, -0.1) is 11.8 Å². The summed E-state index contributed by atoms with van der Waals surface area (Å²) in [6.45, 7) is 1.80. The van der Waals surface area contributed by atoms with E-state index in [4.69, 9.17) is 11.6 Å². The number of halogens is 1. The van der Waals surface area contributed by atoms with Gasteiger partial charge in [0.05, 0.1) is 17.0 Å². The monoisotopic (exact) mass is 361 g/mol. The van der Waals surface area contributed by atoms with Gasteiger partial charge < -0.3 is 5.32 Å². The lowest BCUT2D eigenvalue weighted by molar-refractivity contribution is -0.122. The van der Waals surface area contributed by atoms with Gasteiger partial charge in [0.1, 0.15) is 0 Å². The van der Waals surface area contributed by atoms with E-state index in [0.29, 0.717) is 17.9 Å². The smallest absolute Gasteiger partial charge is 0.220 e. The molecule has 1 unspecified atom stereocenters. The first-order chi connectivity index (χ1) is 10.3. The van der Waals surface area contributed by atoms with Gasteiger partial charge in [0.25, 0.3) is 0 Å². The van der Waals surface area contributed by atoms with Crippen LogP contribution in [0.4, 0.5) is 0 Å². The molecule has 2 rings (SSSR count). The number of hydrogen-bond donors (Lipinski definition) is 1. The van der Waals surface area contributed by atoms with E-state index in [1.165, 1.54) is 0 Å². The van der Waals surface area contributed by atoms with E-state index in [2.05, 4.69) is 5.32 Å². The summed E-state index contributed by atoms with van der Waals surface area (Å²) in [6.07, 6.45) is 1.67. The van der Waals surface area contributed by atoms with E-state index in [-0.39, 0.29) is 17.4 Å². The number of benzene rings is 1. The zero-order valence-electron chi connectivity index (χ0n) is 12.5. The van der Waals surface area contributed by atoms with Crippen LogP contribution >= 0.6 is 23.4 Å². The van der Waals surface area contributed by atoms with Crippen LogP contribution in [0.1, 0.15) is 26.2 Å². The number of carbonyl (C=O) groups is 1. The molecule has 0 radical (unpaired) electrons. The number of sulfone groups is 1. The highest BCUT2D eigenvalue weighted by Gasteiger charge is 2.39. The average molecular weight is 362 g/mol. The summed E-state index contributed by atoms with van der Waals surface area (Å²) in [5.41, 5.74) is -0.598. The van der Waals surface area contributed by atoms with Gasteiger partial charge in [-0.05, 0) is 49.8 Å². The quantitative estimate of drug-likeness (QED) is 0.625. The zero-order valence-corrected chi connectivity index (χ0v) is 14.9. The second kappa shape index (κ2) is 7.23. The van der Waals surface area contributed by atoms with Crippen molar-refractivity contribution < 1.29 is 13.2 Å². The first kappa shape index (κ1) is 17.6. The molecule has 1 heterocycles. The third-order valence-electron chi connectivity index (χ3n) is 3.58. The fraction of sp³-hybridized carbons (Fsp3) is 0.533. The highest BCUT2D eigenvalue weighted by molar-refractivity contribution is 7.99. The lowest BCUT2D eigenvalue weighted by Gasteiger charge is -2.23. The van der Waals surface area contributed by atoms with Crippen molar-refractivity contribution in [1.29, 1.82) is 0 Å². The Hall–Kier alpha value is -0.720. The van der Waals surface area contributed by atoms with Crippen molar-refractivity contribution in [1.82, 2.24) is 5.32 Å². The molecule has 0 saturated carbocycles. The van der Waals surface area contributed by atoms with Crippen molar-refractivity contribution in [2.45, 2.75) is 36.6 Å². The molecule has 0 spiro atoms. The summed E-state index contributed by atoms with van der Waals surface area (Å²) in [5, 5.41) is 3.58.